The van der Waals surface area contributed by atoms with Crippen molar-refractivity contribution in [1.82, 2.24) is 0 Å². The quantitative estimate of drug-likeness (QED) is 0.0233. The second-order valence-electron chi connectivity index (χ2n) is 13.1. The number of unbranched alkanes of at least 4 members (excludes halogenated alkanes) is 16. The smallest absolute Gasteiger partial charge is 0.457 e. The third-order valence-corrected chi connectivity index (χ3v) is 9.62. The zero-order valence-corrected chi connectivity index (χ0v) is 30.4. The Bertz CT molecular complexity index is 859. The first-order valence-electron chi connectivity index (χ1n) is 18.5. The summed E-state index contributed by atoms with van der Waals surface area (Å²) in [5.41, 5.74) is 0. The molecule has 284 valence electrons. The molecule has 0 spiro atoms. The zero-order chi connectivity index (χ0) is 35.6. The molecule has 0 aromatic rings. The molecule has 1 rings (SSSR count). The van der Waals surface area contributed by atoms with Crippen LogP contribution in [0.4, 0.5) is 0 Å². The average Bonchev–Trinajstić information content (AvgIpc) is 3.06. The molecule has 12 nitrogen and oxygen atoms in total. The number of rotatable bonds is 30. The lowest BCUT2D eigenvalue weighted by Crippen LogP contribution is -2.64. The normalized spacial score (nSPS) is 24.9. The molecular weight excluding hydrogens is 643 g/mol. The van der Waals surface area contributed by atoms with Crippen molar-refractivity contribution in [3.05, 3.63) is 12.2 Å². The van der Waals surface area contributed by atoms with E-state index in [4.69, 9.17) is 18.5 Å². The Morgan fingerprint density at radius 1 is 0.646 bits per heavy atom. The number of aliphatic hydroxyl groups excluding tert-OH is 5. The molecule has 1 aliphatic carbocycles. The van der Waals surface area contributed by atoms with Gasteiger partial charge in [0.2, 0.25) is 0 Å². The second-order valence-corrected chi connectivity index (χ2v) is 14.5. The minimum Gasteiger partial charge on any atom is -0.457 e. The van der Waals surface area contributed by atoms with Gasteiger partial charge in [-0.3, -0.25) is 13.8 Å². The summed E-state index contributed by atoms with van der Waals surface area (Å²) in [6.45, 7) is 4.14. The molecule has 0 aromatic carbocycles. The van der Waals surface area contributed by atoms with Crippen molar-refractivity contribution in [2.24, 2.45) is 0 Å². The van der Waals surface area contributed by atoms with Crippen molar-refractivity contribution in [2.45, 2.75) is 185 Å². The highest BCUT2D eigenvalue weighted by Gasteiger charge is 2.51. The van der Waals surface area contributed by atoms with E-state index < -0.39 is 63.1 Å². The Balaban J connectivity index is 2.46. The molecule has 0 bridgehead atoms. The zero-order valence-electron chi connectivity index (χ0n) is 29.5. The van der Waals surface area contributed by atoms with Crippen LogP contribution in [0.3, 0.4) is 0 Å². The summed E-state index contributed by atoms with van der Waals surface area (Å²) >= 11 is 0. The van der Waals surface area contributed by atoms with Gasteiger partial charge in [-0.25, -0.2) is 4.57 Å². The Morgan fingerprint density at radius 2 is 1.10 bits per heavy atom. The van der Waals surface area contributed by atoms with Gasteiger partial charge in [0.15, 0.2) is 0 Å². The minimum absolute atomic E-state index is 0.0775. The molecule has 1 fully saturated rings. The molecule has 0 heterocycles. The van der Waals surface area contributed by atoms with Crippen molar-refractivity contribution >= 4 is 13.8 Å². The van der Waals surface area contributed by atoms with E-state index in [9.17, 15) is 39.8 Å². The number of allylic oxidation sites excluding steroid dienone is 2. The number of carbonyl (C=O) groups excluding carboxylic acids is 1. The number of phosphoric ester groups is 1. The standard InChI is InChI=1S/C35H67O12P/c1-3-5-7-9-11-12-13-14-15-16-17-19-21-23-25-44-26-28(46-29(36)24-22-20-18-10-8-6-4-2)27-45-48(42,43)47-35-33(40)31(38)30(37)32(39)34(35)41/h12-13,28,30-35,37-41H,3-11,14-27H2,1-2H3,(H,42,43)/b13-12-. The van der Waals surface area contributed by atoms with Crippen LogP contribution in [0.2, 0.25) is 0 Å². The topological polar surface area (TPSA) is 192 Å². The molecule has 1 saturated carbocycles. The largest absolute Gasteiger partial charge is 0.472 e. The van der Waals surface area contributed by atoms with Gasteiger partial charge < -0.3 is 39.9 Å². The highest BCUT2D eigenvalue weighted by Crippen LogP contribution is 2.47. The molecule has 6 unspecified atom stereocenters. The lowest BCUT2D eigenvalue weighted by Gasteiger charge is -2.41. The summed E-state index contributed by atoms with van der Waals surface area (Å²) in [5, 5.41) is 49.8. The van der Waals surface area contributed by atoms with E-state index in [0.717, 1.165) is 57.8 Å². The molecule has 13 heteroatoms. The third kappa shape index (κ3) is 20.7. The van der Waals surface area contributed by atoms with Crippen LogP contribution in [0.1, 0.15) is 142 Å². The number of esters is 1. The third-order valence-electron chi connectivity index (χ3n) is 8.64. The fraction of sp³-hybridized carbons (Fsp3) is 0.914. The van der Waals surface area contributed by atoms with Gasteiger partial charge in [-0.1, -0.05) is 109 Å². The minimum atomic E-state index is -5.00. The van der Waals surface area contributed by atoms with Crippen LogP contribution >= 0.6 is 7.82 Å². The Morgan fingerprint density at radius 3 is 1.67 bits per heavy atom. The summed E-state index contributed by atoms with van der Waals surface area (Å²) < 4.78 is 33.8. The van der Waals surface area contributed by atoms with Gasteiger partial charge in [-0.05, 0) is 38.5 Å². The molecule has 0 aliphatic heterocycles. The van der Waals surface area contributed by atoms with Crippen LogP contribution in [0.5, 0.6) is 0 Å². The van der Waals surface area contributed by atoms with E-state index in [2.05, 4.69) is 26.0 Å². The van der Waals surface area contributed by atoms with Crippen LogP contribution < -0.4 is 0 Å². The predicted molar refractivity (Wildman–Crippen MR) is 184 cm³/mol. The summed E-state index contributed by atoms with van der Waals surface area (Å²) in [4.78, 5) is 22.8. The number of ether oxygens (including phenoxy) is 2. The van der Waals surface area contributed by atoms with Crippen molar-refractivity contribution in [2.75, 3.05) is 19.8 Å². The van der Waals surface area contributed by atoms with E-state index in [0.29, 0.717) is 13.0 Å². The molecule has 0 aromatic heterocycles. The molecule has 6 N–H and O–H groups in total. The number of carbonyl (C=O) groups is 1. The molecule has 6 atom stereocenters. The number of phosphoric acid groups is 1. The maximum atomic E-state index is 12.7. The summed E-state index contributed by atoms with van der Waals surface area (Å²) in [5.74, 6) is -0.487. The average molecular weight is 711 g/mol. The van der Waals surface area contributed by atoms with E-state index >= 15 is 0 Å². The van der Waals surface area contributed by atoms with Crippen LogP contribution in [0, 0.1) is 0 Å². The van der Waals surface area contributed by atoms with Gasteiger partial charge in [0, 0.05) is 13.0 Å². The lowest BCUT2D eigenvalue weighted by molar-refractivity contribution is -0.220. The molecular formula is C35H67O12P. The maximum absolute atomic E-state index is 12.7. The Kier molecular flexibility index (Phi) is 26.1. The number of hydrogen-bond acceptors (Lipinski definition) is 11. The van der Waals surface area contributed by atoms with Crippen molar-refractivity contribution in [3.63, 3.8) is 0 Å². The lowest BCUT2D eigenvalue weighted by atomic mass is 9.85. The second kappa shape index (κ2) is 27.8. The fourth-order valence-electron chi connectivity index (χ4n) is 5.58. The molecule has 0 radical (unpaired) electrons. The van der Waals surface area contributed by atoms with Crippen molar-refractivity contribution < 1.29 is 58.3 Å². The van der Waals surface area contributed by atoms with Crippen LogP contribution in [0.15, 0.2) is 12.2 Å². The van der Waals surface area contributed by atoms with Crippen molar-refractivity contribution in [3.8, 4) is 0 Å². The fourth-order valence-corrected chi connectivity index (χ4v) is 6.56. The van der Waals surface area contributed by atoms with Gasteiger partial charge in [-0.2, -0.15) is 0 Å². The first-order chi connectivity index (χ1) is 23.0. The van der Waals surface area contributed by atoms with E-state index in [-0.39, 0.29) is 13.0 Å². The van der Waals surface area contributed by atoms with Gasteiger partial charge in [0.1, 0.15) is 42.7 Å². The SMILES string of the molecule is CCCCCC/C=C\CCCCCCCCOCC(COP(=O)(O)OC1C(O)C(O)C(O)C(O)C1O)OC(=O)CCCCCCCCC. The maximum Gasteiger partial charge on any atom is 0.472 e. The van der Waals surface area contributed by atoms with Crippen LogP contribution in [-0.4, -0.2) is 98.9 Å². The molecule has 0 saturated heterocycles. The monoisotopic (exact) mass is 710 g/mol. The predicted octanol–water partition coefficient (Wildman–Crippen LogP) is 5.63. The van der Waals surface area contributed by atoms with Crippen LogP contribution in [-0.2, 0) is 27.9 Å². The molecule has 0 amide bonds. The van der Waals surface area contributed by atoms with Crippen molar-refractivity contribution in [1.29, 1.82) is 0 Å². The number of hydrogen-bond donors (Lipinski definition) is 6. The first-order valence-corrected chi connectivity index (χ1v) is 20.0. The number of aliphatic hydroxyl groups is 5. The molecule has 48 heavy (non-hydrogen) atoms. The highest BCUT2D eigenvalue weighted by molar-refractivity contribution is 7.47. The summed E-state index contributed by atoms with van der Waals surface area (Å²) in [6, 6.07) is 0. The van der Waals surface area contributed by atoms with E-state index in [1.165, 1.54) is 57.8 Å². The van der Waals surface area contributed by atoms with E-state index in [1.54, 1.807) is 0 Å². The Labute approximate surface area is 288 Å². The molecule has 1 aliphatic rings. The van der Waals surface area contributed by atoms with Gasteiger partial charge in [-0.15, -0.1) is 0 Å². The van der Waals surface area contributed by atoms with Gasteiger partial charge in [0.05, 0.1) is 13.2 Å². The summed E-state index contributed by atoms with van der Waals surface area (Å²) in [7, 11) is -5.00. The van der Waals surface area contributed by atoms with E-state index in [1.807, 2.05) is 0 Å². The highest BCUT2D eigenvalue weighted by atomic mass is 31.2. The first kappa shape index (κ1) is 45.1. The van der Waals surface area contributed by atoms with Crippen LogP contribution in [0.25, 0.3) is 0 Å². The van der Waals surface area contributed by atoms with Gasteiger partial charge >= 0.3 is 13.8 Å². The Hall–Kier alpha value is -0.920. The van der Waals surface area contributed by atoms with Gasteiger partial charge in [0.25, 0.3) is 0 Å². The summed E-state index contributed by atoms with van der Waals surface area (Å²) in [6.07, 6.45) is 13.2.